The Hall–Kier alpha value is -3.55. The molecule has 10 heteroatoms. The van der Waals surface area contributed by atoms with E-state index in [-0.39, 0.29) is 28.1 Å². The number of pyridine rings is 1. The molecule has 29 heavy (non-hydrogen) atoms. The Labute approximate surface area is 172 Å². The highest BCUT2D eigenvalue weighted by atomic mass is 32.2. The molecule has 4 aromatic rings. The Morgan fingerprint density at radius 3 is 2.86 bits per heavy atom. The first-order valence-corrected chi connectivity index (χ1v) is 10.2. The number of rotatable bonds is 5. The first-order chi connectivity index (χ1) is 14.1. The van der Waals surface area contributed by atoms with Crippen molar-refractivity contribution in [3.05, 3.63) is 64.7 Å². The average molecular weight is 420 g/mol. The van der Waals surface area contributed by atoms with E-state index in [1.165, 1.54) is 17.5 Å². The van der Waals surface area contributed by atoms with Crippen molar-refractivity contribution in [2.24, 2.45) is 0 Å². The minimum Gasteiger partial charge on any atom is -0.301 e. The van der Waals surface area contributed by atoms with E-state index in [0.717, 1.165) is 22.0 Å². The Morgan fingerprint density at radius 1 is 1.24 bits per heavy atom. The number of para-hydroxylation sites is 1. The summed E-state index contributed by atoms with van der Waals surface area (Å²) in [5, 5.41) is 12.8. The van der Waals surface area contributed by atoms with Crippen LogP contribution in [0.15, 0.2) is 58.7 Å². The molecule has 0 aliphatic carbocycles. The van der Waals surface area contributed by atoms with Gasteiger partial charge in [-0.1, -0.05) is 35.2 Å². The first kappa shape index (κ1) is 18.8. The molecule has 4 rings (SSSR count). The molecule has 0 radical (unpaired) electrons. The Balaban J connectivity index is 1.50. The number of amides is 1. The molecule has 3 heterocycles. The summed E-state index contributed by atoms with van der Waals surface area (Å²) in [6.45, 7) is 0. The molecule has 0 spiro atoms. The minimum atomic E-state index is -0.560. The highest BCUT2D eigenvalue weighted by Gasteiger charge is 2.15. The maximum Gasteiger partial charge on any atom is 0.270 e. The number of anilines is 1. The number of nitriles is 1. The maximum atomic E-state index is 12.3. The summed E-state index contributed by atoms with van der Waals surface area (Å²) in [4.78, 5) is 39.8. The Bertz CT molecular complexity index is 1260. The molecule has 0 aliphatic rings. The largest absolute Gasteiger partial charge is 0.301 e. The van der Waals surface area contributed by atoms with Crippen molar-refractivity contribution in [3.63, 3.8) is 0 Å². The standard InChI is InChI=1S/C19H12N6O2S2/c20-8-12-16(11-4-3-7-21-9-11)24-18(25-17(12)27)28-10-15(26)23-19-22-13-5-1-2-6-14(13)29-19/h1-7,9H,10H2,(H,22,23,26)(H,24,25,27). The van der Waals surface area contributed by atoms with Crippen LogP contribution in [0, 0.1) is 11.3 Å². The smallest absolute Gasteiger partial charge is 0.270 e. The number of aromatic nitrogens is 4. The average Bonchev–Trinajstić information content (AvgIpc) is 3.14. The predicted molar refractivity (Wildman–Crippen MR) is 112 cm³/mol. The SMILES string of the molecule is N#Cc1c(-c2cccnc2)nc(SCC(=O)Nc2nc3ccccc3s2)[nH]c1=O. The van der Waals surface area contributed by atoms with Crippen molar-refractivity contribution in [1.29, 1.82) is 5.26 Å². The lowest BCUT2D eigenvalue weighted by Crippen LogP contribution is -2.17. The highest BCUT2D eigenvalue weighted by molar-refractivity contribution is 7.99. The molecule has 0 saturated carbocycles. The lowest BCUT2D eigenvalue weighted by molar-refractivity contribution is -0.113. The summed E-state index contributed by atoms with van der Waals surface area (Å²) in [5.74, 6) is -0.249. The number of fused-ring (bicyclic) bond motifs is 1. The summed E-state index contributed by atoms with van der Waals surface area (Å²) < 4.78 is 0.981. The van der Waals surface area contributed by atoms with Crippen LogP contribution in [0.3, 0.4) is 0 Å². The second kappa shape index (κ2) is 8.22. The zero-order chi connectivity index (χ0) is 20.2. The topological polar surface area (TPSA) is 124 Å². The Kier molecular flexibility index (Phi) is 5.33. The zero-order valence-electron chi connectivity index (χ0n) is 14.7. The summed E-state index contributed by atoms with van der Waals surface area (Å²) in [6.07, 6.45) is 3.11. The molecule has 1 amide bonds. The van der Waals surface area contributed by atoms with Crippen LogP contribution in [0.25, 0.3) is 21.5 Å². The lowest BCUT2D eigenvalue weighted by Gasteiger charge is -2.06. The van der Waals surface area contributed by atoms with Crippen molar-refractivity contribution in [1.82, 2.24) is 19.9 Å². The second-order valence-electron chi connectivity index (χ2n) is 5.77. The van der Waals surface area contributed by atoms with Crippen LogP contribution in [0.2, 0.25) is 0 Å². The molecule has 2 N–H and O–H groups in total. The van der Waals surface area contributed by atoms with Crippen LogP contribution in [0.5, 0.6) is 0 Å². The number of carbonyl (C=O) groups excluding carboxylic acids is 1. The van der Waals surface area contributed by atoms with E-state index in [2.05, 4.69) is 25.3 Å². The fraction of sp³-hybridized carbons (Fsp3) is 0.0526. The van der Waals surface area contributed by atoms with E-state index < -0.39 is 5.56 Å². The van der Waals surface area contributed by atoms with Crippen LogP contribution in [-0.2, 0) is 4.79 Å². The van der Waals surface area contributed by atoms with Gasteiger partial charge in [0.2, 0.25) is 5.91 Å². The molecule has 0 unspecified atom stereocenters. The van der Waals surface area contributed by atoms with Gasteiger partial charge < -0.3 is 10.3 Å². The third kappa shape index (κ3) is 4.16. The van der Waals surface area contributed by atoms with E-state index >= 15 is 0 Å². The monoisotopic (exact) mass is 420 g/mol. The van der Waals surface area contributed by atoms with Crippen LogP contribution in [0.4, 0.5) is 5.13 Å². The third-order valence-corrected chi connectivity index (χ3v) is 5.65. The van der Waals surface area contributed by atoms with Crippen molar-refractivity contribution in [3.8, 4) is 17.3 Å². The van der Waals surface area contributed by atoms with E-state index in [4.69, 9.17) is 0 Å². The molecule has 8 nitrogen and oxygen atoms in total. The van der Waals surface area contributed by atoms with Crippen LogP contribution < -0.4 is 10.9 Å². The molecular formula is C19H12N6O2S2. The molecule has 0 bridgehead atoms. The number of carbonyl (C=O) groups is 1. The fourth-order valence-electron chi connectivity index (χ4n) is 2.55. The van der Waals surface area contributed by atoms with Gasteiger partial charge in [0.1, 0.15) is 11.6 Å². The van der Waals surface area contributed by atoms with Gasteiger partial charge in [-0.15, -0.1) is 0 Å². The van der Waals surface area contributed by atoms with Gasteiger partial charge in [0.15, 0.2) is 10.3 Å². The van der Waals surface area contributed by atoms with Crippen molar-refractivity contribution in [2.45, 2.75) is 5.16 Å². The van der Waals surface area contributed by atoms with Crippen molar-refractivity contribution < 1.29 is 4.79 Å². The normalized spacial score (nSPS) is 10.6. The fourth-order valence-corrected chi connectivity index (χ4v) is 4.09. The van der Waals surface area contributed by atoms with E-state index in [9.17, 15) is 14.9 Å². The third-order valence-electron chi connectivity index (χ3n) is 3.82. The van der Waals surface area contributed by atoms with Gasteiger partial charge in [0.05, 0.1) is 21.7 Å². The van der Waals surface area contributed by atoms with Gasteiger partial charge in [-0.25, -0.2) is 9.97 Å². The number of nitrogens with zero attached hydrogens (tertiary/aromatic N) is 4. The number of aromatic amines is 1. The molecule has 0 fully saturated rings. The van der Waals surface area contributed by atoms with Crippen LogP contribution in [0.1, 0.15) is 5.56 Å². The number of thiazole rings is 1. The van der Waals surface area contributed by atoms with Gasteiger partial charge in [0.25, 0.3) is 5.56 Å². The molecule has 0 saturated heterocycles. The van der Waals surface area contributed by atoms with Crippen molar-refractivity contribution in [2.75, 3.05) is 11.1 Å². The number of nitrogens with one attached hydrogen (secondary N) is 2. The number of hydrogen-bond acceptors (Lipinski definition) is 8. The lowest BCUT2D eigenvalue weighted by atomic mass is 10.1. The molecular weight excluding hydrogens is 408 g/mol. The van der Waals surface area contributed by atoms with Gasteiger partial charge >= 0.3 is 0 Å². The molecule has 1 aromatic carbocycles. The number of H-pyrrole nitrogens is 1. The zero-order valence-corrected chi connectivity index (χ0v) is 16.4. The summed E-state index contributed by atoms with van der Waals surface area (Å²) >= 11 is 2.45. The second-order valence-corrected chi connectivity index (χ2v) is 7.77. The molecule has 0 atom stereocenters. The van der Waals surface area contributed by atoms with E-state index in [0.29, 0.717) is 10.7 Å². The summed E-state index contributed by atoms with van der Waals surface area (Å²) in [7, 11) is 0. The summed E-state index contributed by atoms with van der Waals surface area (Å²) in [6, 6.07) is 12.9. The van der Waals surface area contributed by atoms with E-state index in [1.807, 2.05) is 30.3 Å². The number of thioether (sulfide) groups is 1. The van der Waals surface area contributed by atoms with Gasteiger partial charge in [-0.3, -0.25) is 14.6 Å². The Morgan fingerprint density at radius 2 is 2.10 bits per heavy atom. The van der Waals surface area contributed by atoms with Gasteiger partial charge in [-0.2, -0.15) is 5.26 Å². The number of hydrogen-bond donors (Lipinski definition) is 2. The van der Waals surface area contributed by atoms with Crippen LogP contribution in [-0.4, -0.2) is 31.6 Å². The van der Waals surface area contributed by atoms with Crippen LogP contribution >= 0.6 is 23.1 Å². The highest BCUT2D eigenvalue weighted by Crippen LogP contribution is 2.26. The maximum absolute atomic E-state index is 12.3. The summed E-state index contributed by atoms with van der Waals surface area (Å²) in [5.41, 5.74) is 0.950. The minimum absolute atomic E-state index is 0.0250. The number of benzene rings is 1. The molecule has 0 aliphatic heterocycles. The van der Waals surface area contributed by atoms with Crippen molar-refractivity contribution >= 4 is 44.4 Å². The van der Waals surface area contributed by atoms with E-state index in [1.54, 1.807) is 18.3 Å². The van der Waals surface area contributed by atoms with Gasteiger partial charge in [0, 0.05) is 18.0 Å². The quantitative estimate of drug-likeness (QED) is 0.375. The van der Waals surface area contributed by atoms with Gasteiger partial charge in [-0.05, 0) is 24.3 Å². The molecule has 3 aromatic heterocycles. The molecule has 142 valence electrons. The first-order valence-electron chi connectivity index (χ1n) is 8.37. The predicted octanol–water partition coefficient (Wildman–Crippen LogP) is 3.04.